The largest absolute Gasteiger partial charge is 0.465 e. The molecule has 0 aliphatic rings. The van der Waals surface area contributed by atoms with Gasteiger partial charge < -0.3 is 15.6 Å². The number of carbonyl (C=O) groups excluding carboxylic acids is 1. The van der Waals surface area contributed by atoms with Gasteiger partial charge in [0.15, 0.2) is 0 Å². The van der Waals surface area contributed by atoms with Gasteiger partial charge in [-0.05, 0) is 0 Å². The van der Waals surface area contributed by atoms with Crippen molar-refractivity contribution in [1.82, 2.24) is 0 Å². The Kier molecular flexibility index (Phi) is 8.53. The van der Waals surface area contributed by atoms with Crippen molar-refractivity contribution in [2.75, 3.05) is 7.11 Å². The number of methoxy groups -OCH3 is 1. The highest BCUT2D eigenvalue weighted by Gasteiger charge is 1.80. The Morgan fingerprint density at radius 3 is 1.78 bits per heavy atom. The second-order valence-corrected chi connectivity index (χ2v) is 1.09. The van der Waals surface area contributed by atoms with E-state index in [2.05, 4.69) is 22.1 Å². The highest BCUT2D eigenvalue weighted by molar-refractivity contribution is 6.61. The van der Waals surface area contributed by atoms with Crippen LogP contribution in [0.4, 0.5) is 9.59 Å². The number of primary amides is 1. The lowest BCUT2D eigenvalue weighted by molar-refractivity contribution is 0.198. The fraction of sp³-hybridized carbons (Fsp3) is 0.333. The maximum absolute atomic E-state index is 9.36. The lowest BCUT2D eigenvalue weighted by atomic mass is 11.3. The number of rotatable bonds is 0. The van der Waals surface area contributed by atoms with E-state index in [1.807, 2.05) is 0 Å². The first-order chi connectivity index (χ1) is 4.00. The Labute approximate surface area is 56.3 Å². The Morgan fingerprint density at radius 2 is 1.78 bits per heavy atom. The van der Waals surface area contributed by atoms with Crippen LogP contribution in [0.1, 0.15) is 0 Å². The van der Waals surface area contributed by atoms with Crippen LogP contribution in [0.25, 0.3) is 0 Å². The summed E-state index contributed by atoms with van der Waals surface area (Å²) < 4.78 is 3.88. The summed E-state index contributed by atoms with van der Waals surface area (Å²) in [6, 6.07) is 0. The lowest BCUT2D eigenvalue weighted by Gasteiger charge is -1.77. The van der Waals surface area contributed by atoms with Crippen molar-refractivity contribution in [3.8, 4) is 0 Å². The van der Waals surface area contributed by atoms with Crippen LogP contribution in [0.5, 0.6) is 0 Å². The van der Waals surface area contributed by atoms with E-state index in [-0.39, 0.29) is 0 Å². The number of halogens is 1. The van der Waals surface area contributed by atoms with Gasteiger partial charge in [0.2, 0.25) is 0 Å². The van der Waals surface area contributed by atoms with Crippen molar-refractivity contribution in [2.24, 2.45) is 5.73 Å². The zero-order valence-corrected chi connectivity index (χ0v) is 5.38. The Morgan fingerprint density at radius 1 is 1.67 bits per heavy atom. The Hall–Kier alpha value is -0.970. The molecule has 0 spiro atoms. The Bertz CT molecular complexity index is 100.0. The summed E-state index contributed by atoms with van der Waals surface area (Å²) in [7, 11) is 1.22. The summed E-state index contributed by atoms with van der Waals surface area (Å²) in [5.74, 6) is 0. The fourth-order valence-corrected chi connectivity index (χ4v) is 0. The number of hydrogen-bond donors (Lipinski definition) is 2. The molecule has 0 fully saturated rings. The monoisotopic (exact) mass is 155 g/mol. The molecule has 0 bridgehead atoms. The third-order valence-electron chi connectivity index (χ3n) is 0.160. The summed E-state index contributed by atoms with van der Waals surface area (Å²) in [5, 5.41) is 7.19. The van der Waals surface area contributed by atoms with Crippen LogP contribution in [0.3, 0.4) is 0 Å². The standard InChI is InChI=1S/C2H3ClO2.CH3NO2/c1-5-2(3)4;2-1(3)4/h1H3;2H2,(H,3,4). The molecule has 0 radical (unpaired) electrons. The average Bonchev–Trinajstić information content (AvgIpc) is 1.65. The number of nitrogens with two attached hydrogens (primary N) is 1. The van der Waals surface area contributed by atoms with E-state index in [9.17, 15) is 4.79 Å². The van der Waals surface area contributed by atoms with Gasteiger partial charge >= 0.3 is 11.5 Å². The van der Waals surface area contributed by atoms with E-state index in [0.29, 0.717) is 0 Å². The summed E-state index contributed by atoms with van der Waals surface area (Å²) in [4.78, 5) is 18.1. The van der Waals surface area contributed by atoms with E-state index in [0.717, 1.165) is 0 Å². The normalized spacial score (nSPS) is 6.44. The van der Waals surface area contributed by atoms with Gasteiger partial charge in [-0.25, -0.2) is 9.59 Å². The SMILES string of the molecule is COC(=O)Cl.NC(=O)O. The molecule has 0 rings (SSSR count). The summed E-state index contributed by atoms with van der Waals surface area (Å²) in [6.45, 7) is 0. The molecule has 0 aromatic rings. The summed E-state index contributed by atoms with van der Waals surface area (Å²) >= 11 is 4.60. The van der Waals surface area contributed by atoms with Crippen molar-refractivity contribution in [3.05, 3.63) is 0 Å². The molecule has 0 unspecified atom stereocenters. The molecule has 0 saturated carbocycles. The van der Waals surface area contributed by atoms with Crippen molar-refractivity contribution in [3.63, 3.8) is 0 Å². The summed E-state index contributed by atoms with van der Waals surface area (Å²) in [6.07, 6.45) is -1.33. The van der Waals surface area contributed by atoms with Crippen molar-refractivity contribution < 1.29 is 19.4 Å². The van der Waals surface area contributed by atoms with Gasteiger partial charge in [0.1, 0.15) is 0 Å². The van der Waals surface area contributed by atoms with Crippen LogP contribution >= 0.6 is 11.6 Å². The molecule has 0 heterocycles. The van der Waals surface area contributed by atoms with E-state index in [1.165, 1.54) is 7.11 Å². The third-order valence-corrected chi connectivity index (χ3v) is 0.315. The number of hydrogen-bond acceptors (Lipinski definition) is 3. The number of amides is 1. The number of ether oxygens (including phenoxy) is 1. The summed E-state index contributed by atoms with van der Waals surface area (Å²) in [5.41, 5.74) is 3.25. The molecule has 0 saturated heterocycles. The fourth-order valence-electron chi connectivity index (χ4n) is 0. The zero-order valence-electron chi connectivity index (χ0n) is 4.63. The topological polar surface area (TPSA) is 89.6 Å². The molecule has 5 nitrogen and oxygen atoms in total. The van der Waals surface area contributed by atoms with Crippen molar-refractivity contribution in [2.45, 2.75) is 0 Å². The predicted octanol–water partition coefficient (Wildman–Crippen LogP) is 0.615. The first kappa shape index (κ1) is 10.9. The van der Waals surface area contributed by atoms with Gasteiger partial charge in [0, 0.05) is 11.6 Å². The minimum Gasteiger partial charge on any atom is -0.465 e. The average molecular weight is 156 g/mol. The van der Waals surface area contributed by atoms with Gasteiger partial charge in [0.25, 0.3) is 0 Å². The quantitative estimate of drug-likeness (QED) is 0.502. The molecule has 0 aromatic heterocycles. The van der Waals surface area contributed by atoms with Crippen molar-refractivity contribution in [1.29, 1.82) is 0 Å². The Balaban J connectivity index is 0. The van der Waals surface area contributed by atoms with E-state index in [1.54, 1.807) is 0 Å². The van der Waals surface area contributed by atoms with Crippen LogP contribution < -0.4 is 5.73 Å². The zero-order chi connectivity index (χ0) is 7.86. The molecule has 0 atom stereocenters. The minimum atomic E-state index is -1.33. The molecule has 1 amide bonds. The lowest BCUT2D eigenvalue weighted by Crippen LogP contribution is -2.03. The van der Waals surface area contributed by atoms with E-state index >= 15 is 0 Å². The van der Waals surface area contributed by atoms with Crippen LogP contribution in [0.15, 0.2) is 0 Å². The molecule has 0 aromatic carbocycles. The maximum atomic E-state index is 9.36. The third kappa shape index (κ3) is 168. The van der Waals surface area contributed by atoms with Crippen molar-refractivity contribution >= 4 is 23.1 Å². The van der Waals surface area contributed by atoms with Crippen LogP contribution in [0, 0.1) is 0 Å². The van der Waals surface area contributed by atoms with Crippen LogP contribution in [-0.4, -0.2) is 23.7 Å². The number of carboxylic acid groups (broad SMARTS) is 1. The van der Waals surface area contributed by atoms with Gasteiger partial charge in [0.05, 0.1) is 7.11 Å². The molecule has 9 heavy (non-hydrogen) atoms. The molecular weight excluding hydrogens is 149 g/mol. The molecule has 6 heteroatoms. The molecule has 54 valence electrons. The smallest absolute Gasteiger partial charge is 0.403 e. The molecule has 0 aliphatic heterocycles. The van der Waals surface area contributed by atoms with Gasteiger partial charge in [-0.15, -0.1) is 0 Å². The van der Waals surface area contributed by atoms with Crippen LogP contribution in [0.2, 0.25) is 0 Å². The second-order valence-electron chi connectivity index (χ2n) is 0.780. The van der Waals surface area contributed by atoms with Gasteiger partial charge in [-0.3, -0.25) is 0 Å². The maximum Gasteiger partial charge on any atom is 0.403 e. The molecule has 3 N–H and O–H groups in total. The molecule has 0 aliphatic carbocycles. The minimum absolute atomic E-state index is 0.773. The first-order valence-corrected chi connectivity index (χ1v) is 2.10. The first-order valence-electron chi connectivity index (χ1n) is 1.72. The predicted molar refractivity (Wildman–Crippen MR) is 30.5 cm³/mol. The van der Waals surface area contributed by atoms with E-state index < -0.39 is 11.5 Å². The number of carbonyl (C=O) groups is 2. The highest BCUT2D eigenvalue weighted by Crippen LogP contribution is 1.78. The van der Waals surface area contributed by atoms with E-state index in [4.69, 9.17) is 9.90 Å². The second kappa shape index (κ2) is 7.03. The molecular formula is C3H6ClNO4. The highest BCUT2D eigenvalue weighted by atomic mass is 35.5. The van der Waals surface area contributed by atoms with Gasteiger partial charge in [-0.1, -0.05) is 0 Å². The van der Waals surface area contributed by atoms with Crippen LogP contribution in [-0.2, 0) is 4.74 Å². The van der Waals surface area contributed by atoms with Gasteiger partial charge in [-0.2, -0.15) is 0 Å².